The number of hydrogen-bond donors (Lipinski definition) is 3. The van der Waals surface area contributed by atoms with Crippen molar-refractivity contribution in [1.29, 1.82) is 0 Å². The van der Waals surface area contributed by atoms with Gasteiger partial charge in [-0.1, -0.05) is 38.2 Å². The van der Waals surface area contributed by atoms with Crippen LogP contribution in [0.1, 0.15) is 66.7 Å². The van der Waals surface area contributed by atoms with Crippen LogP contribution in [0.2, 0.25) is 0 Å². The van der Waals surface area contributed by atoms with Crippen molar-refractivity contribution in [3.05, 3.63) is 36.0 Å². The van der Waals surface area contributed by atoms with Gasteiger partial charge < -0.3 is 34.4 Å². The van der Waals surface area contributed by atoms with Crippen LogP contribution in [0.4, 0.5) is 4.79 Å². The van der Waals surface area contributed by atoms with Crippen LogP contribution in [0.3, 0.4) is 0 Å². The van der Waals surface area contributed by atoms with Crippen LogP contribution in [-0.4, -0.2) is 88.0 Å². The second kappa shape index (κ2) is 15.2. The van der Waals surface area contributed by atoms with Gasteiger partial charge in [0.25, 0.3) is 0 Å². The van der Waals surface area contributed by atoms with E-state index in [4.69, 9.17) is 14.2 Å². The molecule has 0 unspecified atom stereocenters. The Hall–Kier alpha value is -2.69. The van der Waals surface area contributed by atoms with Crippen molar-refractivity contribution in [1.82, 2.24) is 4.90 Å². The molecule has 0 aliphatic carbocycles. The molecule has 2 rings (SSSR count). The molecule has 1 amide bonds. The van der Waals surface area contributed by atoms with E-state index < -0.39 is 41.9 Å². The van der Waals surface area contributed by atoms with Crippen LogP contribution >= 0.6 is 0 Å². The normalized spacial score (nSPS) is 32.6. The van der Waals surface area contributed by atoms with Crippen LogP contribution < -0.4 is 0 Å². The van der Waals surface area contributed by atoms with Gasteiger partial charge >= 0.3 is 18.0 Å². The van der Waals surface area contributed by atoms with E-state index in [1.54, 1.807) is 17.1 Å². The quantitative estimate of drug-likeness (QED) is 0.188. The summed E-state index contributed by atoms with van der Waals surface area (Å²) in [7, 11) is 0. The van der Waals surface area contributed by atoms with E-state index in [0.717, 1.165) is 18.4 Å². The van der Waals surface area contributed by atoms with Gasteiger partial charge in [0, 0.05) is 25.3 Å². The Morgan fingerprint density at radius 1 is 1.28 bits per heavy atom. The zero-order valence-electron chi connectivity index (χ0n) is 23.7. The van der Waals surface area contributed by atoms with Crippen molar-refractivity contribution in [2.45, 2.75) is 96.7 Å². The van der Waals surface area contributed by atoms with E-state index in [-0.39, 0.29) is 50.4 Å². The lowest BCUT2D eigenvalue weighted by Gasteiger charge is -2.32. The molecular formula is C29H45NO9. The number of carbonyl (C=O) groups is 3. The van der Waals surface area contributed by atoms with Crippen LogP contribution in [0.15, 0.2) is 36.0 Å². The summed E-state index contributed by atoms with van der Waals surface area (Å²) in [5.74, 6) is -1.50. The molecule has 39 heavy (non-hydrogen) atoms. The molecule has 0 aromatic heterocycles. The van der Waals surface area contributed by atoms with Gasteiger partial charge in [-0.25, -0.2) is 4.79 Å². The summed E-state index contributed by atoms with van der Waals surface area (Å²) in [6, 6.07) is -0.185. The van der Waals surface area contributed by atoms with Crippen molar-refractivity contribution in [3.8, 4) is 0 Å². The number of rotatable bonds is 7. The number of allylic oxidation sites excluding steroid dienone is 2. The van der Waals surface area contributed by atoms with Crippen LogP contribution in [0.5, 0.6) is 0 Å². The first-order valence-corrected chi connectivity index (χ1v) is 13.7. The maximum Gasteiger partial charge on any atom is 0.410 e. The number of likely N-dealkylation sites (tertiary alicyclic amines) is 1. The van der Waals surface area contributed by atoms with E-state index in [1.807, 2.05) is 39.0 Å². The molecule has 3 N–H and O–H groups in total. The Balaban J connectivity index is 2.11. The fraction of sp³-hybridized carbons (Fsp3) is 0.690. The lowest BCUT2D eigenvalue weighted by molar-refractivity contribution is -0.157. The molecule has 7 atom stereocenters. The molecule has 0 spiro atoms. The molecule has 10 nitrogen and oxygen atoms in total. The molecule has 220 valence electrons. The Labute approximate surface area is 231 Å². The van der Waals surface area contributed by atoms with Crippen molar-refractivity contribution in [2.75, 3.05) is 19.8 Å². The number of hydrogen-bond acceptors (Lipinski definition) is 9. The average molecular weight is 552 g/mol. The minimum Gasteiger partial charge on any atom is -0.457 e. The second-order valence-corrected chi connectivity index (χ2v) is 11.0. The summed E-state index contributed by atoms with van der Waals surface area (Å²) >= 11 is 0. The number of aliphatic hydroxyl groups excluding tert-OH is 2. The van der Waals surface area contributed by atoms with E-state index in [9.17, 15) is 29.7 Å². The third-order valence-corrected chi connectivity index (χ3v) is 7.16. The third kappa shape index (κ3) is 10.4. The molecular weight excluding hydrogens is 506 g/mol. The minimum absolute atomic E-state index is 0.0728. The maximum atomic E-state index is 12.6. The molecule has 2 aliphatic rings. The Morgan fingerprint density at radius 3 is 2.67 bits per heavy atom. The fourth-order valence-corrected chi connectivity index (χ4v) is 4.73. The zero-order chi connectivity index (χ0) is 29.2. The zero-order valence-corrected chi connectivity index (χ0v) is 23.7. The molecule has 0 bridgehead atoms. The molecule has 0 aromatic rings. The first kappa shape index (κ1) is 32.5. The van der Waals surface area contributed by atoms with Gasteiger partial charge in [-0.05, 0) is 51.2 Å². The Bertz CT molecular complexity index is 926. The smallest absolute Gasteiger partial charge is 0.410 e. The highest BCUT2D eigenvalue weighted by Gasteiger charge is 2.35. The van der Waals surface area contributed by atoms with Crippen molar-refractivity contribution in [3.63, 3.8) is 0 Å². The topological polar surface area (TPSA) is 143 Å². The van der Waals surface area contributed by atoms with Crippen molar-refractivity contribution in [2.24, 2.45) is 11.8 Å². The van der Waals surface area contributed by atoms with Gasteiger partial charge in [0.1, 0.15) is 17.8 Å². The molecule has 10 heteroatoms. The summed E-state index contributed by atoms with van der Waals surface area (Å²) in [6.45, 7) is 9.07. The van der Waals surface area contributed by atoms with E-state index in [2.05, 4.69) is 0 Å². The van der Waals surface area contributed by atoms with Crippen LogP contribution in [0.25, 0.3) is 0 Å². The lowest BCUT2D eigenvalue weighted by Crippen LogP contribution is -2.42. The minimum atomic E-state index is -1.43. The third-order valence-electron chi connectivity index (χ3n) is 7.16. The van der Waals surface area contributed by atoms with Gasteiger partial charge in [0.15, 0.2) is 0 Å². The number of aliphatic hydroxyl groups is 3. The molecule has 0 radical (unpaired) electrons. The number of esters is 2. The number of cyclic esters (lactones) is 1. The summed E-state index contributed by atoms with van der Waals surface area (Å²) in [6.07, 6.45) is 7.47. The summed E-state index contributed by atoms with van der Waals surface area (Å²) in [5.41, 5.74) is -0.686. The average Bonchev–Trinajstić information content (AvgIpc) is 3.35. The summed E-state index contributed by atoms with van der Waals surface area (Å²) in [5, 5.41) is 30.7. The van der Waals surface area contributed by atoms with Gasteiger partial charge in [0.05, 0.1) is 31.8 Å². The van der Waals surface area contributed by atoms with Gasteiger partial charge in [-0.3, -0.25) is 9.59 Å². The van der Waals surface area contributed by atoms with Crippen molar-refractivity contribution < 1.29 is 43.9 Å². The predicted molar refractivity (Wildman–Crippen MR) is 144 cm³/mol. The monoisotopic (exact) mass is 551 g/mol. The van der Waals surface area contributed by atoms with E-state index >= 15 is 0 Å². The van der Waals surface area contributed by atoms with Gasteiger partial charge in [0.2, 0.25) is 0 Å². The molecule has 1 saturated heterocycles. The molecule has 0 aromatic carbocycles. The first-order valence-electron chi connectivity index (χ1n) is 13.7. The standard InChI is InChI=1S/C29H45NO9/c1-19(18-37-28(35)30-15-7-10-23(30)17-31)8-6-9-20(2)27-21(3)11-12-25(38-22(4)32)29(5,36)14-13-24(33)16-26(34)39-27/h6,8-9,11-12,19,21,23-25,27,31,33,36H,7,10,13-18H2,1-5H3/b8-6+,12-11+,20-9+/t19-,21+,23-,24-,25+,27-,29-/m1/s1. The number of carbonyl (C=O) groups excluding carboxylic acids is 3. The van der Waals surface area contributed by atoms with E-state index in [0.29, 0.717) is 6.54 Å². The highest BCUT2D eigenvalue weighted by molar-refractivity contribution is 5.70. The number of amides is 1. The van der Waals surface area contributed by atoms with Crippen molar-refractivity contribution >= 4 is 18.0 Å². The SMILES string of the molecule is CC(=O)O[C@H]1/C=C/[C@H](C)[C@@H](/C(C)=C/C=C/[C@@H](C)COC(=O)N2CCC[C@@H]2CO)OC(=O)C[C@H](O)CC[C@@]1(C)O. The lowest BCUT2D eigenvalue weighted by atomic mass is 9.88. The number of ether oxygens (including phenoxy) is 3. The maximum absolute atomic E-state index is 12.6. The molecule has 2 aliphatic heterocycles. The number of nitrogens with zero attached hydrogens (tertiary/aromatic N) is 1. The highest BCUT2D eigenvalue weighted by Crippen LogP contribution is 2.27. The summed E-state index contributed by atoms with van der Waals surface area (Å²) in [4.78, 5) is 38.1. The molecule has 1 fully saturated rings. The molecule has 0 saturated carbocycles. The second-order valence-electron chi connectivity index (χ2n) is 11.0. The van der Waals surface area contributed by atoms with E-state index in [1.165, 1.54) is 13.8 Å². The summed E-state index contributed by atoms with van der Waals surface area (Å²) < 4.78 is 16.5. The first-order chi connectivity index (χ1) is 18.3. The Kier molecular flexibility index (Phi) is 12.7. The van der Waals surface area contributed by atoms with Gasteiger partial charge in [-0.15, -0.1) is 0 Å². The predicted octanol–water partition coefficient (Wildman–Crippen LogP) is 3.05. The van der Waals surface area contributed by atoms with Crippen LogP contribution in [-0.2, 0) is 23.8 Å². The largest absolute Gasteiger partial charge is 0.457 e. The van der Waals surface area contributed by atoms with Crippen LogP contribution in [0, 0.1) is 11.8 Å². The molecule has 2 heterocycles. The highest BCUT2D eigenvalue weighted by atomic mass is 16.6. The van der Waals surface area contributed by atoms with Gasteiger partial charge in [-0.2, -0.15) is 0 Å². The fourth-order valence-electron chi connectivity index (χ4n) is 4.73. The Morgan fingerprint density at radius 2 is 2.00 bits per heavy atom.